The third kappa shape index (κ3) is 2.43. The third-order valence-electron chi connectivity index (χ3n) is 1.58. The lowest BCUT2D eigenvalue weighted by Crippen LogP contribution is -2.12. The molecule has 0 aliphatic carbocycles. The molecule has 1 rings (SSSR count). The Morgan fingerprint density at radius 3 is 2.27 bits per heavy atom. The molecule has 0 spiro atoms. The number of carbonyl (C=O) groups excluding carboxylic acids is 2. The van der Waals surface area contributed by atoms with Crippen molar-refractivity contribution in [3.63, 3.8) is 0 Å². The number of rotatable bonds is 2. The molecule has 0 bridgehead atoms. The Balaban J connectivity index is 3.22. The Morgan fingerprint density at radius 1 is 1.13 bits per heavy atom. The Bertz CT molecular complexity index is 407. The summed E-state index contributed by atoms with van der Waals surface area (Å²) in [6.45, 7) is 0. The summed E-state index contributed by atoms with van der Waals surface area (Å²) in [6.07, 6.45) is 0. The van der Waals surface area contributed by atoms with Crippen LogP contribution in [0.25, 0.3) is 0 Å². The van der Waals surface area contributed by atoms with E-state index in [9.17, 15) is 14.4 Å². The number of ether oxygens (including phenoxy) is 2. The van der Waals surface area contributed by atoms with Crippen molar-refractivity contribution in [1.82, 2.24) is 0 Å². The lowest BCUT2D eigenvalue weighted by Gasteiger charge is -2.00. The fraction of sp³-hybridized carbons (Fsp3) is 0.222. The molecular formula is C9H8O6. The second-order valence-corrected chi connectivity index (χ2v) is 2.51. The summed E-state index contributed by atoms with van der Waals surface area (Å²) in [4.78, 5) is 33.1. The van der Waals surface area contributed by atoms with Crippen molar-refractivity contribution in [3.8, 4) is 0 Å². The second-order valence-electron chi connectivity index (χ2n) is 2.51. The minimum atomic E-state index is -0.835. The van der Waals surface area contributed by atoms with Crippen LogP contribution < -0.4 is 5.63 Å². The van der Waals surface area contributed by atoms with E-state index in [1.54, 1.807) is 0 Å². The van der Waals surface area contributed by atoms with Gasteiger partial charge in [0.15, 0.2) is 0 Å². The van der Waals surface area contributed by atoms with E-state index >= 15 is 0 Å². The molecule has 0 fully saturated rings. The molecule has 0 saturated carbocycles. The first-order valence-electron chi connectivity index (χ1n) is 3.90. The smallest absolute Gasteiger partial charge is 0.374 e. The van der Waals surface area contributed by atoms with Gasteiger partial charge in [0.25, 0.3) is 0 Å². The van der Waals surface area contributed by atoms with Crippen molar-refractivity contribution in [2.45, 2.75) is 0 Å². The first-order chi connectivity index (χ1) is 7.08. The molecule has 0 aliphatic heterocycles. The predicted molar refractivity (Wildman–Crippen MR) is 47.7 cm³/mol. The molecule has 0 N–H and O–H groups in total. The quantitative estimate of drug-likeness (QED) is 0.652. The second kappa shape index (κ2) is 4.41. The molecule has 80 valence electrons. The molecule has 15 heavy (non-hydrogen) atoms. The first kappa shape index (κ1) is 11.0. The monoisotopic (exact) mass is 212 g/mol. The van der Waals surface area contributed by atoms with Crippen molar-refractivity contribution in [2.24, 2.45) is 0 Å². The molecule has 0 unspecified atom stereocenters. The highest BCUT2D eigenvalue weighted by Gasteiger charge is 2.15. The van der Waals surface area contributed by atoms with E-state index in [0.29, 0.717) is 0 Å². The van der Waals surface area contributed by atoms with Gasteiger partial charge in [0, 0.05) is 12.1 Å². The van der Waals surface area contributed by atoms with Crippen LogP contribution in [-0.4, -0.2) is 26.2 Å². The largest absolute Gasteiger partial charge is 0.465 e. The van der Waals surface area contributed by atoms with Crippen molar-refractivity contribution in [2.75, 3.05) is 14.2 Å². The summed E-state index contributed by atoms with van der Waals surface area (Å²) < 4.78 is 13.3. The van der Waals surface area contributed by atoms with E-state index in [0.717, 1.165) is 26.4 Å². The number of methoxy groups -OCH3 is 2. The Hall–Kier alpha value is -2.11. The minimum Gasteiger partial charge on any atom is -0.465 e. The van der Waals surface area contributed by atoms with Gasteiger partial charge in [0.05, 0.1) is 19.8 Å². The lowest BCUT2D eigenvalue weighted by atomic mass is 10.2. The molecule has 0 aliphatic rings. The van der Waals surface area contributed by atoms with Crippen LogP contribution in [0.3, 0.4) is 0 Å². The molecular weight excluding hydrogens is 204 g/mol. The van der Waals surface area contributed by atoms with Gasteiger partial charge in [-0.1, -0.05) is 0 Å². The summed E-state index contributed by atoms with van der Waals surface area (Å²) >= 11 is 0. The molecule has 6 heteroatoms. The molecule has 0 radical (unpaired) electrons. The van der Waals surface area contributed by atoms with Crippen molar-refractivity contribution in [1.29, 1.82) is 0 Å². The predicted octanol–water partition coefficient (Wildman–Crippen LogP) is 0.213. The Labute approximate surface area is 84.4 Å². The maximum absolute atomic E-state index is 11.1. The molecule has 0 aromatic carbocycles. The highest BCUT2D eigenvalue weighted by molar-refractivity contribution is 5.93. The molecule has 0 atom stereocenters. The molecule has 0 saturated heterocycles. The summed E-state index contributed by atoms with van der Waals surface area (Å²) in [5, 5.41) is 0. The summed E-state index contributed by atoms with van der Waals surface area (Å²) in [6, 6.07) is 2.01. The summed E-state index contributed by atoms with van der Waals surface area (Å²) in [5.41, 5.74) is -0.882. The topological polar surface area (TPSA) is 82.8 Å². The van der Waals surface area contributed by atoms with E-state index < -0.39 is 17.6 Å². The van der Waals surface area contributed by atoms with Crippen molar-refractivity contribution >= 4 is 11.9 Å². The molecule has 6 nitrogen and oxygen atoms in total. The first-order valence-corrected chi connectivity index (χ1v) is 3.90. The van der Waals surface area contributed by atoms with Gasteiger partial charge in [-0.15, -0.1) is 0 Å². The number of hydrogen-bond donors (Lipinski definition) is 0. The van der Waals surface area contributed by atoms with E-state index in [1.165, 1.54) is 0 Å². The van der Waals surface area contributed by atoms with Crippen molar-refractivity contribution in [3.05, 3.63) is 33.9 Å². The van der Waals surface area contributed by atoms with Crippen LogP contribution in [0.2, 0.25) is 0 Å². The summed E-state index contributed by atoms with van der Waals surface area (Å²) in [7, 11) is 2.29. The average Bonchev–Trinajstić information content (AvgIpc) is 2.26. The molecule has 1 heterocycles. The zero-order valence-corrected chi connectivity index (χ0v) is 8.10. The van der Waals surface area contributed by atoms with Gasteiger partial charge in [-0.3, -0.25) is 0 Å². The lowest BCUT2D eigenvalue weighted by molar-refractivity contribution is 0.0558. The van der Waals surface area contributed by atoms with Gasteiger partial charge in [-0.25, -0.2) is 14.4 Å². The van der Waals surface area contributed by atoms with Crippen molar-refractivity contribution < 1.29 is 23.5 Å². The van der Waals surface area contributed by atoms with Gasteiger partial charge in [0.1, 0.15) is 0 Å². The number of hydrogen-bond acceptors (Lipinski definition) is 6. The van der Waals surface area contributed by atoms with Crippen LogP contribution in [0.15, 0.2) is 21.3 Å². The van der Waals surface area contributed by atoms with Crippen LogP contribution in [0.1, 0.15) is 20.9 Å². The minimum absolute atomic E-state index is 0.0610. The van der Waals surface area contributed by atoms with E-state index in [2.05, 4.69) is 13.9 Å². The zero-order valence-electron chi connectivity index (χ0n) is 8.10. The van der Waals surface area contributed by atoms with Gasteiger partial charge in [-0.2, -0.15) is 0 Å². The number of esters is 2. The van der Waals surface area contributed by atoms with E-state index in [4.69, 9.17) is 0 Å². The Kier molecular flexibility index (Phi) is 3.22. The zero-order chi connectivity index (χ0) is 11.4. The maximum Gasteiger partial charge on any atom is 0.374 e. The number of carbonyl (C=O) groups is 2. The van der Waals surface area contributed by atoms with Gasteiger partial charge < -0.3 is 13.9 Å². The van der Waals surface area contributed by atoms with Crippen LogP contribution in [0, 0.1) is 0 Å². The third-order valence-corrected chi connectivity index (χ3v) is 1.58. The molecule has 0 amide bonds. The fourth-order valence-electron chi connectivity index (χ4n) is 0.914. The Morgan fingerprint density at radius 2 is 1.73 bits per heavy atom. The van der Waals surface area contributed by atoms with Crippen LogP contribution in [0.4, 0.5) is 0 Å². The fourth-order valence-corrected chi connectivity index (χ4v) is 0.914. The average molecular weight is 212 g/mol. The SMILES string of the molecule is COC(=O)c1cc(C(=O)OC)oc(=O)c1. The normalized spacial score (nSPS) is 9.47. The highest BCUT2D eigenvalue weighted by Crippen LogP contribution is 2.04. The van der Waals surface area contributed by atoms with Crippen LogP contribution >= 0.6 is 0 Å². The maximum atomic E-state index is 11.1. The van der Waals surface area contributed by atoms with E-state index in [1.807, 2.05) is 0 Å². The summed E-state index contributed by atoms with van der Waals surface area (Å²) in [5.74, 6) is -1.91. The van der Waals surface area contributed by atoms with Gasteiger partial charge in [-0.05, 0) is 0 Å². The van der Waals surface area contributed by atoms with E-state index in [-0.39, 0.29) is 11.3 Å². The molecule has 1 aromatic heterocycles. The highest BCUT2D eigenvalue weighted by atomic mass is 16.5. The van der Waals surface area contributed by atoms with Crippen LogP contribution in [0.5, 0.6) is 0 Å². The standard InChI is InChI=1S/C9H8O6/c1-13-8(11)5-3-6(9(12)14-2)15-7(10)4-5/h3-4H,1-2H3. The van der Waals surface area contributed by atoms with Gasteiger partial charge in [0.2, 0.25) is 5.76 Å². The molecule has 1 aromatic rings. The van der Waals surface area contributed by atoms with Crippen LogP contribution in [-0.2, 0) is 9.47 Å². The van der Waals surface area contributed by atoms with Gasteiger partial charge >= 0.3 is 17.6 Å².